The minimum absolute atomic E-state index is 0.347. The first-order valence-corrected chi connectivity index (χ1v) is 5.64. The van der Waals surface area contributed by atoms with Crippen LogP contribution in [0.5, 0.6) is 0 Å². The Morgan fingerprint density at radius 1 is 1.25 bits per heavy atom. The third kappa shape index (κ3) is 3.07. The lowest BCUT2D eigenvalue weighted by atomic mass is 10.1. The molecule has 0 radical (unpaired) electrons. The summed E-state index contributed by atoms with van der Waals surface area (Å²) in [5, 5.41) is 8.81. The number of hydrogen-bond acceptors (Lipinski definition) is 1. The van der Waals surface area contributed by atoms with Gasteiger partial charge in [-0.1, -0.05) is 13.3 Å². The Kier molecular flexibility index (Phi) is 4.07. The zero-order valence-electron chi connectivity index (χ0n) is 10.2. The molecule has 0 amide bonds. The highest BCUT2D eigenvalue weighted by Gasteiger charge is 2.18. The van der Waals surface area contributed by atoms with Gasteiger partial charge in [-0.3, -0.25) is 4.48 Å². The van der Waals surface area contributed by atoms with Gasteiger partial charge in [0.2, 0.25) is 0 Å². The van der Waals surface area contributed by atoms with E-state index in [9.17, 15) is 4.79 Å². The molecule has 0 aliphatic carbocycles. The standard InChI is InChI=1S/C13H19NO2/c1-4-5-10-14(2,3)12-8-6-11(7-9-12)13(15)16/h6-9H,4-5,10H2,1-3H3/p+1. The lowest BCUT2D eigenvalue weighted by molar-refractivity contribution is 0.0697. The average molecular weight is 222 g/mol. The minimum atomic E-state index is -0.870. The molecule has 0 unspecified atom stereocenters. The van der Waals surface area contributed by atoms with Crippen molar-refractivity contribution in [3.05, 3.63) is 29.8 Å². The van der Waals surface area contributed by atoms with Crippen molar-refractivity contribution in [3.8, 4) is 0 Å². The quantitative estimate of drug-likeness (QED) is 0.778. The van der Waals surface area contributed by atoms with E-state index in [1.165, 1.54) is 12.8 Å². The molecule has 0 heterocycles. The van der Waals surface area contributed by atoms with Gasteiger partial charge in [-0.2, -0.15) is 0 Å². The lowest BCUT2D eigenvalue weighted by Crippen LogP contribution is -2.41. The number of nitrogens with zero attached hydrogens (tertiary/aromatic N) is 1. The van der Waals surface area contributed by atoms with E-state index in [2.05, 4.69) is 21.0 Å². The molecular weight excluding hydrogens is 202 g/mol. The molecular formula is C13H20NO2+. The first-order chi connectivity index (χ1) is 7.47. The Balaban J connectivity index is 2.83. The van der Waals surface area contributed by atoms with Gasteiger partial charge in [-0.25, -0.2) is 4.79 Å². The van der Waals surface area contributed by atoms with Crippen LogP contribution in [0.2, 0.25) is 0 Å². The van der Waals surface area contributed by atoms with E-state index < -0.39 is 5.97 Å². The van der Waals surface area contributed by atoms with Crippen molar-refractivity contribution in [1.82, 2.24) is 4.48 Å². The second-order valence-electron chi connectivity index (χ2n) is 4.61. The number of aromatic carboxylic acids is 1. The van der Waals surface area contributed by atoms with Crippen LogP contribution in [0.1, 0.15) is 30.1 Å². The van der Waals surface area contributed by atoms with Crippen LogP contribution in [-0.2, 0) is 0 Å². The normalized spacial score (nSPS) is 11.4. The third-order valence-electron chi connectivity index (χ3n) is 2.88. The van der Waals surface area contributed by atoms with Gasteiger partial charge in [0.1, 0.15) is 5.69 Å². The minimum Gasteiger partial charge on any atom is -0.478 e. The molecule has 0 spiro atoms. The van der Waals surface area contributed by atoms with Crippen molar-refractivity contribution >= 4 is 11.7 Å². The topological polar surface area (TPSA) is 37.3 Å². The first-order valence-electron chi connectivity index (χ1n) is 5.64. The lowest BCUT2D eigenvalue weighted by Gasteiger charge is -2.29. The summed E-state index contributed by atoms with van der Waals surface area (Å²) in [5.41, 5.74) is 1.50. The number of hydrogen-bond donors (Lipinski definition) is 1. The van der Waals surface area contributed by atoms with E-state index in [-0.39, 0.29) is 0 Å². The molecule has 0 aliphatic rings. The molecule has 1 N–H and O–H groups in total. The highest BCUT2D eigenvalue weighted by atomic mass is 16.4. The van der Waals surface area contributed by atoms with Gasteiger partial charge < -0.3 is 5.11 Å². The Morgan fingerprint density at radius 2 is 1.81 bits per heavy atom. The van der Waals surface area contributed by atoms with Crippen molar-refractivity contribution in [3.63, 3.8) is 0 Å². The van der Waals surface area contributed by atoms with Gasteiger partial charge >= 0.3 is 5.97 Å². The van der Waals surface area contributed by atoms with Gasteiger partial charge in [-0.05, 0) is 30.7 Å². The summed E-state index contributed by atoms with van der Waals surface area (Å²) < 4.78 is 0.799. The van der Waals surface area contributed by atoms with Crippen LogP contribution in [0.3, 0.4) is 0 Å². The molecule has 1 aromatic carbocycles. The summed E-state index contributed by atoms with van der Waals surface area (Å²) in [6, 6.07) is 7.14. The fourth-order valence-electron chi connectivity index (χ4n) is 1.69. The number of rotatable bonds is 5. The number of carbonyl (C=O) groups is 1. The van der Waals surface area contributed by atoms with Crippen molar-refractivity contribution in [2.75, 3.05) is 20.6 Å². The van der Waals surface area contributed by atoms with Crippen molar-refractivity contribution in [1.29, 1.82) is 0 Å². The van der Waals surface area contributed by atoms with Crippen LogP contribution in [0.15, 0.2) is 24.3 Å². The van der Waals surface area contributed by atoms with E-state index >= 15 is 0 Å². The van der Waals surface area contributed by atoms with E-state index in [1.54, 1.807) is 12.1 Å². The second kappa shape index (κ2) is 5.12. The molecule has 0 saturated carbocycles. The molecule has 0 aliphatic heterocycles. The molecule has 3 nitrogen and oxygen atoms in total. The Labute approximate surface area is 96.9 Å². The Hall–Kier alpha value is -1.35. The third-order valence-corrected chi connectivity index (χ3v) is 2.88. The highest BCUT2D eigenvalue weighted by molar-refractivity contribution is 5.87. The fraction of sp³-hybridized carbons (Fsp3) is 0.462. The number of carboxylic acid groups (broad SMARTS) is 1. The molecule has 3 heteroatoms. The SMILES string of the molecule is CCCC[N+](C)(C)c1ccc(C(=O)O)cc1. The van der Waals surface area contributed by atoms with Crippen molar-refractivity contribution in [2.24, 2.45) is 0 Å². The van der Waals surface area contributed by atoms with Crippen LogP contribution >= 0.6 is 0 Å². The molecule has 0 aromatic heterocycles. The van der Waals surface area contributed by atoms with Crippen LogP contribution in [0.25, 0.3) is 0 Å². The molecule has 1 rings (SSSR count). The Morgan fingerprint density at radius 3 is 2.25 bits per heavy atom. The summed E-state index contributed by atoms with van der Waals surface area (Å²) in [4.78, 5) is 10.7. The summed E-state index contributed by atoms with van der Waals surface area (Å²) in [6.07, 6.45) is 2.35. The number of benzene rings is 1. The zero-order valence-corrected chi connectivity index (χ0v) is 10.2. The molecule has 88 valence electrons. The molecule has 0 atom stereocenters. The molecule has 16 heavy (non-hydrogen) atoms. The summed E-state index contributed by atoms with van der Waals surface area (Å²) in [5.74, 6) is -0.870. The number of quaternary nitrogens is 1. The monoisotopic (exact) mass is 222 g/mol. The smallest absolute Gasteiger partial charge is 0.335 e. The van der Waals surface area contributed by atoms with Crippen LogP contribution in [-0.4, -0.2) is 31.7 Å². The number of unbranched alkanes of at least 4 members (excludes halogenated alkanes) is 1. The average Bonchev–Trinajstić information content (AvgIpc) is 2.26. The van der Waals surface area contributed by atoms with Gasteiger partial charge in [0.15, 0.2) is 0 Å². The van der Waals surface area contributed by atoms with E-state index in [0.29, 0.717) is 5.56 Å². The summed E-state index contributed by atoms with van der Waals surface area (Å²) in [7, 11) is 4.29. The summed E-state index contributed by atoms with van der Waals surface area (Å²) in [6.45, 7) is 3.25. The molecule has 0 saturated heterocycles. The highest BCUT2D eigenvalue weighted by Crippen LogP contribution is 2.20. The predicted octanol–water partition coefficient (Wildman–Crippen LogP) is 2.75. The van der Waals surface area contributed by atoms with Gasteiger partial charge in [0.05, 0.1) is 26.2 Å². The maximum atomic E-state index is 10.7. The molecule has 1 aromatic rings. The van der Waals surface area contributed by atoms with Gasteiger partial charge in [0, 0.05) is 0 Å². The van der Waals surface area contributed by atoms with Crippen molar-refractivity contribution < 1.29 is 9.90 Å². The van der Waals surface area contributed by atoms with Crippen LogP contribution in [0.4, 0.5) is 5.69 Å². The maximum absolute atomic E-state index is 10.7. The number of carboxylic acids is 1. The zero-order chi connectivity index (χ0) is 12.2. The van der Waals surface area contributed by atoms with Gasteiger partial charge in [-0.15, -0.1) is 0 Å². The van der Waals surface area contributed by atoms with Crippen molar-refractivity contribution in [2.45, 2.75) is 19.8 Å². The van der Waals surface area contributed by atoms with Crippen LogP contribution in [0, 0.1) is 0 Å². The van der Waals surface area contributed by atoms with Crippen LogP contribution < -0.4 is 4.48 Å². The Bertz CT molecular complexity index is 355. The second-order valence-corrected chi connectivity index (χ2v) is 4.61. The first kappa shape index (κ1) is 12.7. The molecule has 0 bridgehead atoms. The predicted molar refractivity (Wildman–Crippen MR) is 66.8 cm³/mol. The van der Waals surface area contributed by atoms with E-state index in [4.69, 9.17) is 5.11 Å². The summed E-state index contributed by atoms with van der Waals surface area (Å²) >= 11 is 0. The molecule has 0 fully saturated rings. The largest absolute Gasteiger partial charge is 0.478 e. The fourth-order valence-corrected chi connectivity index (χ4v) is 1.69. The maximum Gasteiger partial charge on any atom is 0.335 e. The van der Waals surface area contributed by atoms with Gasteiger partial charge in [0.25, 0.3) is 0 Å². The van der Waals surface area contributed by atoms with E-state index in [1.807, 2.05) is 12.1 Å². The van der Waals surface area contributed by atoms with E-state index in [0.717, 1.165) is 16.7 Å².